The number of hydrogen-bond acceptors (Lipinski definition) is 6. The third-order valence-corrected chi connectivity index (χ3v) is 5.42. The summed E-state index contributed by atoms with van der Waals surface area (Å²) in [5.74, 6) is 0. The van der Waals surface area contributed by atoms with Gasteiger partial charge in [-0.3, -0.25) is 4.98 Å². The second-order valence-electron chi connectivity index (χ2n) is 7.33. The first-order chi connectivity index (χ1) is 14.3. The lowest BCUT2D eigenvalue weighted by atomic mass is 10.1. The topological polar surface area (TPSA) is 61.6 Å². The van der Waals surface area contributed by atoms with Crippen LogP contribution in [0.3, 0.4) is 0 Å². The average Bonchev–Trinajstić information content (AvgIpc) is 3.26. The molecule has 0 radical (unpaired) electrons. The molecule has 1 aliphatic heterocycles. The van der Waals surface area contributed by atoms with Crippen molar-refractivity contribution >= 4 is 22.7 Å². The Labute approximate surface area is 169 Å². The Bertz CT molecular complexity index is 1100. The van der Waals surface area contributed by atoms with Crippen molar-refractivity contribution < 1.29 is 0 Å². The van der Waals surface area contributed by atoms with Crippen LogP contribution in [0.4, 0.5) is 17.1 Å². The van der Waals surface area contributed by atoms with Crippen molar-refractivity contribution in [3.63, 3.8) is 0 Å². The fourth-order valence-electron chi connectivity index (χ4n) is 3.72. The molecule has 0 spiro atoms. The van der Waals surface area contributed by atoms with Crippen molar-refractivity contribution in [3.8, 4) is 11.3 Å². The Morgan fingerprint density at radius 2 is 1.62 bits per heavy atom. The van der Waals surface area contributed by atoms with Gasteiger partial charge in [0.1, 0.15) is 6.33 Å². The van der Waals surface area contributed by atoms with Crippen molar-refractivity contribution in [3.05, 3.63) is 67.3 Å². The lowest BCUT2D eigenvalue weighted by molar-refractivity contribution is 0.313. The Morgan fingerprint density at radius 1 is 0.862 bits per heavy atom. The Kier molecular flexibility index (Phi) is 4.57. The molecule has 0 saturated carbocycles. The van der Waals surface area contributed by atoms with Gasteiger partial charge >= 0.3 is 0 Å². The Balaban J connectivity index is 1.39. The first-order valence-electron chi connectivity index (χ1n) is 9.82. The van der Waals surface area contributed by atoms with Crippen LogP contribution < -0.4 is 10.2 Å². The molecule has 0 aliphatic carbocycles. The molecule has 0 atom stereocenters. The summed E-state index contributed by atoms with van der Waals surface area (Å²) < 4.78 is 1.86. The first-order valence-corrected chi connectivity index (χ1v) is 9.82. The summed E-state index contributed by atoms with van der Waals surface area (Å²) in [6.45, 7) is 4.35. The largest absolute Gasteiger partial charge is 0.369 e. The molecule has 0 unspecified atom stereocenters. The molecule has 4 heterocycles. The maximum atomic E-state index is 4.46. The Morgan fingerprint density at radius 3 is 2.38 bits per heavy atom. The summed E-state index contributed by atoms with van der Waals surface area (Å²) in [4.78, 5) is 13.4. The van der Waals surface area contributed by atoms with Gasteiger partial charge in [-0.25, -0.2) is 9.50 Å². The zero-order valence-electron chi connectivity index (χ0n) is 16.4. The molecule has 0 amide bonds. The minimum Gasteiger partial charge on any atom is -0.369 e. The number of piperazine rings is 1. The quantitative estimate of drug-likeness (QED) is 0.582. The van der Waals surface area contributed by atoms with Crippen LogP contribution in [0, 0.1) is 0 Å². The second-order valence-corrected chi connectivity index (χ2v) is 7.33. The highest BCUT2D eigenvalue weighted by atomic mass is 15.3. The molecule has 146 valence electrons. The fourth-order valence-corrected chi connectivity index (χ4v) is 3.72. The molecule has 29 heavy (non-hydrogen) atoms. The number of nitrogens with zero attached hydrogens (tertiary/aromatic N) is 6. The van der Waals surface area contributed by atoms with Gasteiger partial charge in [0.2, 0.25) is 0 Å². The van der Waals surface area contributed by atoms with E-state index in [9.17, 15) is 0 Å². The zero-order chi connectivity index (χ0) is 19.6. The van der Waals surface area contributed by atoms with E-state index >= 15 is 0 Å². The van der Waals surface area contributed by atoms with Crippen molar-refractivity contribution in [1.29, 1.82) is 0 Å². The fraction of sp³-hybridized carbons (Fsp3) is 0.227. The number of aromatic nitrogens is 4. The van der Waals surface area contributed by atoms with E-state index in [1.807, 2.05) is 22.7 Å². The van der Waals surface area contributed by atoms with E-state index in [1.165, 1.54) is 5.69 Å². The van der Waals surface area contributed by atoms with Gasteiger partial charge in [-0.05, 0) is 55.6 Å². The van der Waals surface area contributed by atoms with Crippen LogP contribution in [0.1, 0.15) is 0 Å². The van der Waals surface area contributed by atoms with Gasteiger partial charge in [0.25, 0.3) is 0 Å². The summed E-state index contributed by atoms with van der Waals surface area (Å²) >= 11 is 0. The molecule has 1 fully saturated rings. The number of likely N-dealkylation sites (N-methyl/N-ethyl adjacent to an activating group) is 1. The van der Waals surface area contributed by atoms with Crippen LogP contribution in [0.2, 0.25) is 0 Å². The van der Waals surface area contributed by atoms with E-state index < -0.39 is 0 Å². The minimum atomic E-state index is 0.794. The molecule has 7 heteroatoms. The first kappa shape index (κ1) is 17.6. The summed E-state index contributed by atoms with van der Waals surface area (Å²) in [7, 11) is 2.18. The van der Waals surface area contributed by atoms with Gasteiger partial charge in [0.15, 0.2) is 5.65 Å². The third kappa shape index (κ3) is 3.52. The van der Waals surface area contributed by atoms with E-state index in [1.54, 1.807) is 18.7 Å². The van der Waals surface area contributed by atoms with E-state index in [0.29, 0.717) is 0 Å². The predicted molar refractivity (Wildman–Crippen MR) is 116 cm³/mol. The molecular weight excluding hydrogens is 362 g/mol. The number of anilines is 3. The van der Waals surface area contributed by atoms with Gasteiger partial charge in [0, 0.05) is 55.5 Å². The van der Waals surface area contributed by atoms with Crippen molar-refractivity contribution in [1.82, 2.24) is 24.5 Å². The summed E-state index contributed by atoms with van der Waals surface area (Å²) in [5.41, 5.74) is 6.05. The van der Waals surface area contributed by atoms with E-state index in [2.05, 4.69) is 67.6 Å². The monoisotopic (exact) mass is 385 g/mol. The Hall–Kier alpha value is -3.45. The molecule has 1 aromatic carbocycles. The van der Waals surface area contributed by atoms with Crippen LogP contribution in [-0.2, 0) is 0 Å². The molecule has 0 bridgehead atoms. The van der Waals surface area contributed by atoms with Crippen LogP contribution >= 0.6 is 0 Å². The van der Waals surface area contributed by atoms with E-state index in [-0.39, 0.29) is 0 Å². The highest BCUT2D eigenvalue weighted by Crippen LogP contribution is 2.27. The lowest BCUT2D eigenvalue weighted by Gasteiger charge is -2.34. The molecule has 3 aromatic heterocycles. The molecule has 5 rings (SSSR count). The van der Waals surface area contributed by atoms with Gasteiger partial charge in [0.05, 0.1) is 11.4 Å². The normalized spacial score (nSPS) is 15.0. The zero-order valence-corrected chi connectivity index (χ0v) is 16.4. The van der Waals surface area contributed by atoms with Gasteiger partial charge in [-0.15, -0.1) is 0 Å². The molecule has 1 N–H and O–H groups in total. The van der Waals surface area contributed by atoms with Gasteiger partial charge < -0.3 is 15.1 Å². The second kappa shape index (κ2) is 7.52. The number of hydrogen-bond donors (Lipinski definition) is 1. The van der Waals surface area contributed by atoms with Crippen LogP contribution in [0.15, 0.2) is 67.3 Å². The standard InChI is InChI=1S/C22H23N7/c1-27-12-14-28(15-13-27)19-4-2-18(3-5-19)26-20-6-7-21(17-8-10-23-11-9-17)29-22(20)24-16-25-29/h2-11,16,26H,12-15H2,1H3. The van der Waals surface area contributed by atoms with Crippen molar-refractivity contribution in [2.75, 3.05) is 43.4 Å². The van der Waals surface area contributed by atoms with Crippen LogP contribution in [0.25, 0.3) is 16.9 Å². The molecular formula is C22H23N7. The third-order valence-electron chi connectivity index (χ3n) is 5.42. The van der Waals surface area contributed by atoms with Crippen molar-refractivity contribution in [2.45, 2.75) is 0 Å². The SMILES string of the molecule is CN1CCN(c2ccc(Nc3ccc(-c4ccncc4)n4ncnc34)cc2)CC1. The highest BCUT2D eigenvalue weighted by Gasteiger charge is 2.14. The number of benzene rings is 1. The predicted octanol–water partition coefficient (Wildman–Crippen LogP) is 3.29. The number of nitrogens with one attached hydrogen (secondary N) is 1. The van der Waals surface area contributed by atoms with E-state index in [0.717, 1.165) is 54.5 Å². The maximum absolute atomic E-state index is 4.46. The maximum Gasteiger partial charge on any atom is 0.179 e. The lowest BCUT2D eigenvalue weighted by Crippen LogP contribution is -2.44. The summed E-state index contributed by atoms with van der Waals surface area (Å²) in [5, 5.41) is 7.90. The molecule has 1 aliphatic rings. The smallest absolute Gasteiger partial charge is 0.179 e. The number of rotatable bonds is 4. The van der Waals surface area contributed by atoms with Gasteiger partial charge in [-0.1, -0.05) is 0 Å². The minimum absolute atomic E-state index is 0.794. The van der Waals surface area contributed by atoms with Gasteiger partial charge in [-0.2, -0.15) is 5.10 Å². The van der Waals surface area contributed by atoms with E-state index in [4.69, 9.17) is 0 Å². The summed E-state index contributed by atoms with van der Waals surface area (Å²) in [6.07, 6.45) is 5.15. The van der Waals surface area contributed by atoms with Crippen molar-refractivity contribution in [2.24, 2.45) is 0 Å². The number of pyridine rings is 2. The highest BCUT2D eigenvalue weighted by molar-refractivity contribution is 5.77. The number of fused-ring (bicyclic) bond motifs is 1. The van der Waals surface area contributed by atoms with Crippen LogP contribution in [0.5, 0.6) is 0 Å². The van der Waals surface area contributed by atoms with Crippen LogP contribution in [-0.4, -0.2) is 57.7 Å². The molecule has 7 nitrogen and oxygen atoms in total. The molecule has 1 saturated heterocycles. The average molecular weight is 385 g/mol. The molecule has 4 aromatic rings. The summed E-state index contributed by atoms with van der Waals surface area (Å²) in [6, 6.07) is 16.7.